The quantitative estimate of drug-likeness (QED) is 0.373. The minimum absolute atomic E-state index is 0.000655. The van der Waals surface area contributed by atoms with Crippen LogP contribution in [0.2, 0.25) is 5.02 Å². The maximum Gasteiger partial charge on any atom is 0.234 e. The number of aromatic nitrogens is 1. The Morgan fingerprint density at radius 1 is 0.871 bits per heavy atom. The van der Waals surface area contributed by atoms with Gasteiger partial charge in [-0.2, -0.15) is 4.98 Å². The van der Waals surface area contributed by atoms with Crippen molar-refractivity contribution in [3.8, 4) is 11.5 Å². The molecule has 0 aliphatic rings. The summed E-state index contributed by atoms with van der Waals surface area (Å²) in [6.07, 6.45) is 0. The van der Waals surface area contributed by atoms with Gasteiger partial charge < -0.3 is 9.73 Å². The van der Waals surface area contributed by atoms with E-state index in [4.69, 9.17) is 16.0 Å². The van der Waals surface area contributed by atoms with E-state index in [1.807, 2.05) is 0 Å². The number of anilines is 1. The number of hydrogen-bond acceptors (Lipinski definition) is 5. The second-order valence-corrected chi connectivity index (χ2v) is 8.90. The van der Waals surface area contributed by atoms with Crippen LogP contribution in [-0.4, -0.2) is 13.4 Å². The number of nitrogens with one attached hydrogen (secondary N) is 1. The van der Waals surface area contributed by atoms with Gasteiger partial charge in [0.05, 0.1) is 4.90 Å². The van der Waals surface area contributed by atoms with Crippen molar-refractivity contribution in [1.29, 1.82) is 0 Å². The van der Waals surface area contributed by atoms with E-state index in [0.717, 1.165) is 29.8 Å². The lowest BCUT2D eigenvalue weighted by atomic mass is 10.2. The summed E-state index contributed by atoms with van der Waals surface area (Å²) in [5.74, 6) is -1.10. The minimum atomic E-state index is -4.12. The Bertz CT molecular complexity index is 1300. The molecule has 0 aliphatic carbocycles. The molecule has 0 saturated heterocycles. The molecular formula is C22H15ClF2N2O3S. The van der Waals surface area contributed by atoms with Crippen molar-refractivity contribution in [2.75, 3.05) is 5.32 Å². The molecule has 5 nitrogen and oxygen atoms in total. The number of sulfone groups is 1. The molecule has 0 amide bonds. The van der Waals surface area contributed by atoms with Crippen molar-refractivity contribution in [1.82, 2.24) is 4.98 Å². The van der Waals surface area contributed by atoms with Crippen molar-refractivity contribution >= 4 is 27.3 Å². The largest absolute Gasteiger partial charge is 0.419 e. The zero-order valence-corrected chi connectivity index (χ0v) is 17.4. The molecule has 1 aromatic heterocycles. The molecule has 0 fully saturated rings. The predicted octanol–water partition coefficient (Wildman–Crippen LogP) is 5.72. The average molecular weight is 461 g/mol. The Kier molecular flexibility index (Phi) is 5.75. The highest BCUT2D eigenvalue weighted by Crippen LogP contribution is 2.33. The van der Waals surface area contributed by atoms with E-state index >= 15 is 0 Å². The monoisotopic (exact) mass is 460 g/mol. The third-order valence-electron chi connectivity index (χ3n) is 4.43. The van der Waals surface area contributed by atoms with Crippen LogP contribution in [0.1, 0.15) is 5.56 Å². The van der Waals surface area contributed by atoms with E-state index in [0.29, 0.717) is 10.6 Å². The van der Waals surface area contributed by atoms with Crippen molar-refractivity contribution in [2.24, 2.45) is 0 Å². The molecule has 0 spiro atoms. The number of halogens is 3. The fourth-order valence-electron chi connectivity index (χ4n) is 2.83. The van der Waals surface area contributed by atoms with E-state index < -0.39 is 21.5 Å². The lowest BCUT2D eigenvalue weighted by molar-refractivity contribution is 0.576. The second kappa shape index (κ2) is 8.49. The lowest BCUT2D eigenvalue weighted by Gasteiger charge is -2.06. The molecule has 158 valence electrons. The van der Waals surface area contributed by atoms with E-state index in [-0.39, 0.29) is 28.2 Å². The topological polar surface area (TPSA) is 72.2 Å². The highest BCUT2D eigenvalue weighted by atomic mass is 35.5. The Balaban J connectivity index is 1.74. The molecule has 9 heteroatoms. The van der Waals surface area contributed by atoms with Crippen molar-refractivity contribution in [2.45, 2.75) is 16.5 Å². The molecule has 4 aromatic rings. The second-order valence-electron chi connectivity index (χ2n) is 6.60. The molecule has 1 heterocycles. The van der Waals surface area contributed by atoms with Crippen LogP contribution in [0.15, 0.2) is 87.1 Å². The average Bonchev–Trinajstić information content (AvgIpc) is 3.19. The van der Waals surface area contributed by atoms with Crippen molar-refractivity contribution in [3.63, 3.8) is 0 Å². The Labute approximate surface area is 182 Å². The molecule has 0 aliphatic heterocycles. The third-order valence-corrected chi connectivity index (χ3v) is 6.36. The molecular weight excluding hydrogens is 446 g/mol. The van der Waals surface area contributed by atoms with Crippen LogP contribution < -0.4 is 5.32 Å². The van der Waals surface area contributed by atoms with Crippen LogP contribution in [0.5, 0.6) is 0 Å². The number of benzene rings is 3. The van der Waals surface area contributed by atoms with Crippen molar-refractivity contribution in [3.05, 3.63) is 95.0 Å². The van der Waals surface area contributed by atoms with Gasteiger partial charge in [0.2, 0.25) is 26.6 Å². The predicted molar refractivity (Wildman–Crippen MR) is 113 cm³/mol. The first-order chi connectivity index (χ1) is 14.8. The molecule has 0 saturated carbocycles. The molecule has 1 N–H and O–H groups in total. The number of rotatable bonds is 6. The van der Waals surface area contributed by atoms with Crippen LogP contribution in [0.4, 0.5) is 14.7 Å². The van der Waals surface area contributed by atoms with Gasteiger partial charge in [-0.05, 0) is 66.2 Å². The third kappa shape index (κ3) is 4.60. The normalized spacial score (nSPS) is 11.5. The molecule has 0 unspecified atom stereocenters. The van der Waals surface area contributed by atoms with Gasteiger partial charge in [-0.1, -0.05) is 23.7 Å². The van der Waals surface area contributed by atoms with Gasteiger partial charge in [-0.15, -0.1) is 0 Å². The standard InChI is InChI=1S/C22H15ClF2N2O3S/c23-16-5-1-14(2-6-16)13-26-21-22(31(28,29)19-11-9-18(25)10-12-19)27-20(30-21)15-3-7-17(24)8-4-15/h1-12,26H,13H2. The summed E-state index contributed by atoms with van der Waals surface area (Å²) in [6, 6.07) is 16.7. The van der Waals surface area contributed by atoms with Crippen LogP contribution in [0, 0.1) is 11.6 Å². The fourth-order valence-corrected chi connectivity index (χ4v) is 4.23. The maximum absolute atomic E-state index is 13.3. The summed E-state index contributed by atoms with van der Waals surface area (Å²) in [4.78, 5) is 4.02. The van der Waals surface area contributed by atoms with Gasteiger partial charge in [0, 0.05) is 17.1 Å². The first kappa shape index (κ1) is 21.0. The zero-order chi connectivity index (χ0) is 22.0. The smallest absolute Gasteiger partial charge is 0.234 e. The van der Waals surface area contributed by atoms with E-state index in [2.05, 4.69) is 10.3 Å². The Morgan fingerprint density at radius 2 is 1.45 bits per heavy atom. The van der Waals surface area contributed by atoms with E-state index in [9.17, 15) is 17.2 Å². The van der Waals surface area contributed by atoms with Gasteiger partial charge in [0.25, 0.3) is 0 Å². The summed E-state index contributed by atoms with van der Waals surface area (Å²) >= 11 is 5.89. The van der Waals surface area contributed by atoms with E-state index in [1.165, 1.54) is 24.3 Å². The number of nitrogens with zero attached hydrogens (tertiary/aromatic N) is 1. The highest BCUT2D eigenvalue weighted by molar-refractivity contribution is 7.91. The highest BCUT2D eigenvalue weighted by Gasteiger charge is 2.28. The first-order valence-corrected chi connectivity index (χ1v) is 10.9. The van der Waals surface area contributed by atoms with Crippen LogP contribution in [0.3, 0.4) is 0 Å². The van der Waals surface area contributed by atoms with Crippen LogP contribution in [-0.2, 0) is 16.4 Å². The van der Waals surface area contributed by atoms with Gasteiger partial charge in [-0.25, -0.2) is 17.2 Å². The lowest BCUT2D eigenvalue weighted by Crippen LogP contribution is -2.07. The van der Waals surface area contributed by atoms with Gasteiger partial charge in [0.1, 0.15) is 11.6 Å². The Hall–Kier alpha value is -3.23. The van der Waals surface area contributed by atoms with Crippen molar-refractivity contribution < 1.29 is 21.6 Å². The molecule has 31 heavy (non-hydrogen) atoms. The number of hydrogen-bond donors (Lipinski definition) is 1. The van der Waals surface area contributed by atoms with Gasteiger partial charge in [0.15, 0.2) is 0 Å². The molecule has 0 atom stereocenters. The zero-order valence-electron chi connectivity index (χ0n) is 15.8. The maximum atomic E-state index is 13.3. The molecule has 4 rings (SSSR count). The minimum Gasteiger partial charge on any atom is -0.419 e. The summed E-state index contributed by atoms with van der Waals surface area (Å²) < 4.78 is 58.5. The summed E-state index contributed by atoms with van der Waals surface area (Å²) in [7, 11) is -4.12. The van der Waals surface area contributed by atoms with Crippen LogP contribution >= 0.6 is 11.6 Å². The molecule has 0 radical (unpaired) electrons. The van der Waals surface area contributed by atoms with Gasteiger partial charge >= 0.3 is 0 Å². The summed E-state index contributed by atoms with van der Waals surface area (Å²) in [5.41, 5.74) is 1.23. The molecule has 0 bridgehead atoms. The first-order valence-electron chi connectivity index (χ1n) is 9.09. The number of oxazole rings is 1. The summed E-state index contributed by atoms with van der Waals surface area (Å²) in [5, 5.41) is 3.15. The molecule has 3 aromatic carbocycles. The van der Waals surface area contributed by atoms with Crippen LogP contribution in [0.25, 0.3) is 11.5 Å². The van der Waals surface area contributed by atoms with Gasteiger partial charge in [-0.3, -0.25) is 0 Å². The Morgan fingerprint density at radius 3 is 2.06 bits per heavy atom. The van der Waals surface area contributed by atoms with E-state index in [1.54, 1.807) is 24.3 Å². The fraction of sp³-hybridized carbons (Fsp3) is 0.0455. The summed E-state index contributed by atoms with van der Waals surface area (Å²) in [6.45, 7) is 0.237. The SMILES string of the molecule is O=S(=O)(c1ccc(F)cc1)c1nc(-c2ccc(F)cc2)oc1NCc1ccc(Cl)cc1.